The second-order valence-electron chi connectivity index (χ2n) is 5.44. The Balaban J connectivity index is 3.20. The molecule has 0 aromatic heterocycles. The quantitative estimate of drug-likeness (QED) is 0.339. The second-order valence-corrected chi connectivity index (χ2v) is 5.44. The van der Waals surface area contributed by atoms with Gasteiger partial charge in [0, 0.05) is 6.42 Å². The van der Waals surface area contributed by atoms with Crippen molar-refractivity contribution < 1.29 is 15.3 Å². The predicted octanol–water partition coefficient (Wildman–Crippen LogP) is 3.34. The number of unbranched alkanes of at least 4 members (excludes halogenated alkanes) is 7. The molecular weight excluding hydrogens is 252 g/mol. The molecule has 0 amide bonds. The largest absolute Gasteiger partial charge is 0.394 e. The number of aliphatic hydroxyl groups is 3. The number of rotatable bonds is 14. The van der Waals surface area contributed by atoms with Crippen LogP contribution in [0.25, 0.3) is 0 Å². The van der Waals surface area contributed by atoms with Crippen molar-refractivity contribution in [2.45, 2.75) is 76.4 Å². The van der Waals surface area contributed by atoms with Crippen molar-refractivity contribution in [1.29, 1.82) is 0 Å². The van der Waals surface area contributed by atoms with E-state index >= 15 is 0 Å². The van der Waals surface area contributed by atoms with Crippen LogP contribution in [0.3, 0.4) is 0 Å². The molecule has 0 spiro atoms. The Labute approximate surface area is 124 Å². The van der Waals surface area contributed by atoms with Crippen LogP contribution in [0.4, 0.5) is 0 Å². The van der Waals surface area contributed by atoms with Crippen molar-refractivity contribution in [3.05, 3.63) is 24.8 Å². The van der Waals surface area contributed by atoms with Crippen molar-refractivity contribution in [3.8, 4) is 0 Å². The van der Waals surface area contributed by atoms with Crippen LogP contribution >= 0.6 is 0 Å². The van der Waals surface area contributed by atoms with Crippen molar-refractivity contribution in [1.82, 2.24) is 0 Å². The summed E-state index contributed by atoms with van der Waals surface area (Å²) in [7, 11) is 0. The fourth-order valence-electron chi connectivity index (χ4n) is 2.22. The highest BCUT2D eigenvalue weighted by atomic mass is 16.3. The Morgan fingerprint density at radius 1 is 0.850 bits per heavy atom. The van der Waals surface area contributed by atoms with Gasteiger partial charge in [0.15, 0.2) is 0 Å². The van der Waals surface area contributed by atoms with E-state index in [1.807, 2.05) is 12.2 Å². The zero-order chi connectivity index (χ0) is 15.1. The molecule has 3 nitrogen and oxygen atoms in total. The van der Waals surface area contributed by atoms with E-state index in [2.05, 4.69) is 12.7 Å². The molecule has 20 heavy (non-hydrogen) atoms. The Kier molecular flexibility index (Phi) is 14.3. The van der Waals surface area contributed by atoms with Gasteiger partial charge in [-0.05, 0) is 19.3 Å². The molecule has 0 saturated carbocycles. The van der Waals surface area contributed by atoms with Crippen LogP contribution in [0.1, 0.15) is 64.2 Å². The van der Waals surface area contributed by atoms with Gasteiger partial charge in [0.2, 0.25) is 0 Å². The summed E-state index contributed by atoms with van der Waals surface area (Å²) in [4.78, 5) is 0. The number of allylic oxidation sites excluding steroid dienone is 3. The van der Waals surface area contributed by atoms with Gasteiger partial charge in [-0.25, -0.2) is 0 Å². The van der Waals surface area contributed by atoms with Crippen LogP contribution in [0, 0.1) is 0 Å². The summed E-state index contributed by atoms with van der Waals surface area (Å²) in [6.07, 6.45) is 15.3. The second kappa shape index (κ2) is 14.8. The summed E-state index contributed by atoms with van der Waals surface area (Å²) in [6, 6.07) is 0. The minimum atomic E-state index is -0.778. The topological polar surface area (TPSA) is 60.7 Å². The number of aliphatic hydroxyl groups excluding tert-OH is 3. The van der Waals surface area contributed by atoms with Crippen molar-refractivity contribution in [2.75, 3.05) is 6.61 Å². The number of hydrogen-bond donors (Lipinski definition) is 3. The summed E-state index contributed by atoms with van der Waals surface area (Å²) in [6.45, 7) is 3.37. The average Bonchev–Trinajstić information content (AvgIpc) is 2.44. The maximum atomic E-state index is 9.61. The minimum absolute atomic E-state index is 0.265. The molecule has 0 bridgehead atoms. The molecule has 0 aromatic rings. The molecule has 3 heteroatoms. The van der Waals surface area contributed by atoms with E-state index in [-0.39, 0.29) is 13.0 Å². The lowest BCUT2D eigenvalue weighted by Crippen LogP contribution is -2.20. The number of hydrogen-bond acceptors (Lipinski definition) is 3. The standard InChI is InChI=1S/C17H32O3/c1-2-3-4-5-6-7-8-9-10-11-12-13-16(19)14-17(20)15-18/h2-4,16-20H,1,5-15H2/b4-3+/t16-,17+/m0/s1. The smallest absolute Gasteiger partial charge is 0.0795 e. The van der Waals surface area contributed by atoms with Gasteiger partial charge < -0.3 is 15.3 Å². The highest BCUT2D eigenvalue weighted by molar-refractivity contribution is 4.96. The Morgan fingerprint density at radius 3 is 2.05 bits per heavy atom. The van der Waals surface area contributed by atoms with Crippen LogP contribution in [-0.4, -0.2) is 34.1 Å². The molecule has 0 aromatic carbocycles. The third kappa shape index (κ3) is 13.8. The van der Waals surface area contributed by atoms with Crippen LogP contribution < -0.4 is 0 Å². The van der Waals surface area contributed by atoms with Gasteiger partial charge in [0.25, 0.3) is 0 Å². The SMILES string of the molecule is C=C/C=C/CCCCCCCCC[C@H](O)C[C@@H](O)CO. The van der Waals surface area contributed by atoms with Crippen LogP contribution in [-0.2, 0) is 0 Å². The van der Waals surface area contributed by atoms with Crippen LogP contribution in [0.15, 0.2) is 24.8 Å². The fraction of sp³-hybridized carbons (Fsp3) is 0.765. The van der Waals surface area contributed by atoms with E-state index in [0.717, 1.165) is 25.7 Å². The minimum Gasteiger partial charge on any atom is -0.394 e. The zero-order valence-corrected chi connectivity index (χ0v) is 12.7. The molecule has 2 atom stereocenters. The van der Waals surface area contributed by atoms with Crippen LogP contribution in [0.5, 0.6) is 0 Å². The lowest BCUT2D eigenvalue weighted by atomic mass is 10.0. The van der Waals surface area contributed by atoms with Gasteiger partial charge in [-0.3, -0.25) is 0 Å². The molecule has 0 unspecified atom stereocenters. The zero-order valence-electron chi connectivity index (χ0n) is 12.7. The Hall–Kier alpha value is -0.640. The first-order valence-corrected chi connectivity index (χ1v) is 7.95. The van der Waals surface area contributed by atoms with Crippen molar-refractivity contribution in [2.24, 2.45) is 0 Å². The van der Waals surface area contributed by atoms with E-state index in [1.54, 1.807) is 0 Å². The van der Waals surface area contributed by atoms with Gasteiger partial charge in [-0.1, -0.05) is 63.3 Å². The first-order chi connectivity index (χ1) is 9.70. The molecule has 0 fully saturated rings. The maximum absolute atomic E-state index is 9.61. The Morgan fingerprint density at radius 2 is 1.45 bits per heavy atom. The molecule has 0 heterocycles. The molecule has 0 aliphatic heterocycles. The normalized spacial score (nSPS) is 14.6. The monoisotopic (exact) mass is 284 g/mol. The summed E-state index contributed by atoms with van der Waals surface area (Å²) in [5.41, 5.74) is 0. The maximum Gasteiger partial charge on any atom is 0.0795 e. The van der Waals surface area contributed by atoms with Crippen molar-refractivity contribution >= 4 is 0 Å². The van der Waals surface area contributed by atoms with E-state index in [0.29, 0.717) is 0 Å². The van der Waals surface area contributed by atoms with E-state index < -0.39 is 12.2 Å². The molecule has 0 aliphatic carbocycles. The Bertz CT molecular complexity index is 238. The first kappa shape index (κ1) is 19.4. The van der Waals surface area contributed by atoms with Gasteiger partial charge in [0.1, 0.15) is 0 Å². The lowest BCUT2D eigenvalue weighted by molar-refractivity contribution is 0.0380. The fourth-order valence-corrected chi connectivity index (χ4v) is 2.22. The highest BCUT2D eigenvalue weighted by Crippen LogP contribution is 2.12. The third-order valence-electron chi connectivity index (χ3n) is 3.44. The predicted molar refractivity (Wildman–Crippen MR) is 84.6 cm³/mol. The molecule has 118 valence electrons. The molecule has 0 aliphatic rings. The average molecular weight is 284 g/mol. The summed E-state index contributed by atoms with van der Waals surface area (Å²) in [5.74, 6) is 0. The summed E-state index contributed by atoms with van der Waals surface area (Å²) >= 11 is 0. The van der Waals surface area contributed by atoms with E-state index in [4.69, 9.17) is 5.11 Å². The highest BCUT2D eigenvalue weighted by Gasteiger charge is 2.10. The molecule has 3 N–H and O–H groups in total. The lowest BCUT2D eigenvalue weighted by Gasteiger charge is -2.13. The molecular formula is C17H32O3. The van der Waals surface area contributed by atoms with Gasteiger partial charge >= 0.3 is 0 Å². The molecule has 0 saturated heterocycles. The summed E-state index contributed by atoms with van der Waals surface area (Å²) < 4.78 is 0. The van der Waals surface area contributed by atoms with Crippen molar-refractivity contribution in [3.63, 3.8) is 0 Å². The van der Waals surface area contributed by atoms with Gasteiger partial charge in [-0.15, -0.1) is 0 Å². The van der Waals surface area contributed by atoms with E-state index in [9.17, 15) is 10.2 Å². The summed E-state index contributed by atoms with van der Waals surface area (Å²) in [5, 5.41) is 27.5. The van der Waals surface area contributed by atoms with Gasteiger partial charge in [-0.2, -0.15) is 0 Å². The molecule has 0 rings (SSSR count). The van der Waals surface area contributed by atoms with Gasteiger partial charge in [0.05, 0.1) is 18.8 Å². The van der Waals surface area contributed by atoms with E-state index in [1.165, 1.54) is 32.1 Å². The molecule has 0 radical (unpaired) electrons. The van der Waals surface area contributed by atoms with Crippen LogP contribution in [0.2, 0.25) is 0 Å². The first-order valence-electron chi connectivity index (χ1n) is 7.95. The third-order valence-corrected chi connectivity index (χ3v) is 3.44.